The molecule has 0 atom stereocenters. The predicted octanol–water partition coefficient (Wildman–Crippen LogP) is 1.85. The maximum Gasteiger partial charge on any atom is 0.306 e. The quantitative estimate of drug-likeness (QED) is 0.920. The lowest BCUT2D eigenvalue weighted by Gasteiger charge is -2.41. The Balaban J connectivity index is 1.49. The molecule has 114 valence electrons. The fourth-order valence-electron chi connectivity index (χ4n) is 3.54. The van der Waals surface area contributed by atoms with Gasteiger partial charge in [0.05, 0.1) is 5.92 Å². The van der Waals surface area contributed by atoms with E-state index in [0.29, 0.717) is 6.04 Å². The number of piperazine rings is 1. The molecule has 2 aliphatic rings. The molecule has 0 unspecified atom stereocenters. The lowest BCUT2D eigenvalue weighted by atomic mass is 9.85. The highest BCUT2D eigenvalue weighted by Crippen LogP contribution is 2.28. The minimum Gasteiger partial charge on any atom is -0.481 e. The first kappa shape index (κ1) is 14.3. The van der Waals surface area contributed by atoms with Crippen molar-refractivity contribution in [1.82, 2.24) is 9.88 Å². The van der Waals surface area contributed by atoms with Crippen LogP contribution in [0.4, 0.5) is 5.82 Å². The summed E-state index contributed by atoms with van der Waals surface area (Å²) in [5, 5.41) is 9.07. The van der Waals surface area contributed by atoms with Crippen molar-refractivity contribution in [1.29, 1.82) is 0 Å². The van der Waals surface area contributed by atoms with Crippen molar-refractivity contribution in [2.45, 2.75) is 31.7 Å². The number of nitrogens with zero attached hydrogens (tertiary/aromatic N) is 3. The van der Waals surface area contributed by atoms with Crippen LogP contribution >= 0.6 is 0 Å². The fraction of sp³-hybridized carbons (Fsp3) is 0.625. The van der Waals surface area contributed by atoms with Gasteiger partial charge in [-0.1, -0.05) is 6.07 Å². The van der Waals surface area contributed by atoms with Crippen LogP contribution in [0.2, 0.25) is 0 Å². The second-order valence-electron chi connectivity index (χ2n) is 6.05. The Morgan fingerprint density at radius 2 is 1.81 bits per heavy atom. The largest absolute Gasteiger partial charge is 0.481 e. The van der Waals surface area contributed by atoms with Crippen LogP contribution in [0, 0.1) is 5.92 Å². The number of anilines is 1. The molecule has 0 bridgehead atoms. The summed E-state index contributed by atoms with van der Waals surface area (Å²) in [6, 6.07) is 6.61. The summed E-state index contributed by atoms with van der Waals surface area (Å²) >= 11 is 0. The Labute approximate surface area is 125 Å². The van der Waals surface area contributed by atoms with Gasteiger partial charge in [-0.25, -0.2) is 4.98 Å². The molecular formula is C16H23N3O2. The topological polar surface area (TPSA) is 56.7 Å². The minimum absolute atomic E-state index is 0.115. The first-order valence-corrected chi connectivity index (χ1v) is 7.87. The standard InChI is InChI=1S/C16H23N3O2/c20-16(21)13-4-6-14(7-5-13)18-9-11-19(12-10-18)15-3-1-2-8-17-15/h1-3,8,13-14H,4-7,9-12H2,(H,20,21). The van der Waals surface area contributed by atoms with Crippen LogP contribution in [-0.2, 0) is 4.79 Å². The number of aliphatic carboxylic acids is 1. The highest BCUT2D eigenvalue weighted by atomic mass is 16.4. The molecule has 1 aliphatic carbocycles. The van der Waals surface area contributed by atoms with Crippen molar-refractivity contribution >= 4 is 11.8 Å². The van der Waals surface area contributed by atoms with Crippen molar-refractivity contribution in [2.24, 2.45) is 5.92 Å². The van der Waals surface area contributed by atoms with Crippen LogP contribution in [0.15, 0.2) is 24.4 Å². The first-order valence-electron chi connectivity index (χ1n) is 7.87. The van der Waals surface area contributed by atoms with Gasteiger partial charge in [0.15, 0.2) is 0 Å². The van der Waals surface area contributed by atoms with E-state index in [-0.39, 0.29) is 5.92 Å². The summed E-state index contributed by atoms with van der Waals surface area (Å²) in [7, 11) is 0. The molecule has 1 aliphatic heterocycles. The fourth-order valence-corrected chi connectivity index (χ4v) is 3.54. The summed E-state index contributed by atoms with van der Waals surface area (Å²) in [4.78, 5) is 20.3. The third kappa shape index (κ3) is 3.35. The molecule has 0 radical (unpaired) electrons. The third-order valence-corrected chi connectivity index (χ3v) is 4.85. The van der Waals surface area contributed by atoms with E-state index in [1.165, 1.54) is 0 Å². The van der Waals surface area contributed by atoms with E-state index in [1.807, 2.05) is 18.3 Å². The second-order valence-corrected chi connectivity index (χ2v) is 6.05. The van der Waals surface area contributed by atoms with Crippen LogP contribution in [-0.4, -0.2) is 53.2 Å². The molecule has 1 aromatic heterocycles. The number of hydrogen-bond donors (Lipinski definition) is 1. The van der Waals surface area contributed by atoms with Gasteiger partial charge in [-0.05, 0) is 37.8 Å². The Bertz CT molecular complexity index is 464. The average Bonchev–Trinajstić information content (AvgIpc) is 2.56. The van der Waals surface area contributed by atoms with Crippen LogP contribution < -0.4 is 4.90 Å². The van der Waals surface area contributed by atoms with Gasteiger partial charge in [0.25, 0.3) is 0 Å². The van der Waals surface area contributed by atoms with Crippen LogP contribution in [0.25, 0.3) is 0 Å². The minimum atomic E-state index is -0.617. The summed E-state index contributed by atoms with van der Waals surface area (Å²) in [5.74, 6) is 0.330. The van der Waals surface area contributed by atoms with Gasteiger partial charge in [-0.2, -0.15) is 0 Å². The molecule has 2 fully saturated rings. The van der Waals surface area contributed by atoms with Crippen molar-refractivity contribution in [3.8, 4) is 0 Å². The van der Waals surface area contributed by atoms with Gasteiger partial charge in [-0.3, -0.25) is 9.69 Å². The summed E-state index contributed by atoms with van der Waals surface area (Å²) in [6.45, 7) is 4.13. The lowest BCUT2D eigenvalue weighted by Crippen LogP contribution is -2.51. The molecule has 1 N–H and O–H groups in total. The molecule has 0 spiro atoms. The number of carbonyl (C=O) groups is 1. The number of hydrogen-bond acceptors (Lipinski definition) is 4. The molecule has 3 rings (SSSR count). The Morgan fingerprint density at radius 1 is 1.10 bits per heavy atom. The molecule has 0 amide bonds. The van der Waals surface area contributed by atoms with Crippen molar-refractivity contribution in [3.63, 3.8) is 0 Å². The van der Waals surface area contributed by atoms with E-state index in [0.717, 1.165) is 57.7 Å². The van der Waals surface area contributed by atoms with Crippen LogP contribution in [0.1, 0.15) is 25.7 Å². The summed E-state index contributed by atoms with van der Waals surface area (Å²) in [5.41, 5.74) is 0. The average molecular weight is 289 g/mol. The zero-order chi connectivity index (χ0) is 14.7. The maximum absolute atomic E-state index is 11.0. The van der Waals surface area contributed by atoms with E-state index >= 15 is 0 Å². The van der Waals surface area contributed by atoms with E-state index in [2.05, 4.69) is 20.9 Å². The van der Waals surface area contributed by atoms with E-state index in [1.54, 1.807) is 0 Å². The highest BCUT2D eigenvalue weighted by Gasteiger charge is 2.30. The highest BCUT2D eigenvalue weighted by molar-refractivity contribution is 5.70. The predicted molar refractivity (Wildman–Crippen MR) is 81.4 cm³/mol. The summed E-state index contributed by atoms with van der Waals surface area (Å²) < 4.78 is 0. The van der Waals surface area contributed by atoms with E-state index in [9.17, 15) is 4.79 Å². The molecule has 0 aromatic carbocycles. The van der Waals surface area contributed by atoms with E-state index in [4.69, 9.17) is 5.11 Å². The number of carboxylic acid groups (broad SMARTS) is 1. The van der Waals surface area contributed by atoms with Gasteiger partial charge in [0, 0.05) is 38.4 Å². The third-order valence-electron chi connectivity index (χ3n) is 4.85. The van der Waals surface area contributed by atoms with Gasteiger partial charge in [0.2, 0.25) is 0 Å². The first-order chi connectivity index (χ1) is 10.2. The van der Waals surface area contributed by atoms with Crippen molar-refractivity contribution in [3.05, 3.63) is 24.4 Å². The number of carboxylic acids is 1. The molecule has 1 saturated carbocycles. The zero-order valence-electron chi connectivity index (χ0n) is 12.3. The molecule has 1 saturated heterocycles. The van der Waals surface area contributed by atoms with Gasteiger partial charge >= 0.3 is 5.97 Å². The Kier molecular flexibility index (Phi) is 4.39. The van der Waals surface area contributed by atoms with E-state index < -0.39 is 5.97 Å². The molecule has 2 heterocycles. The number of pyridine rings is 1. The smallest absolute Gasteiger partial charge is 0.306 e. The zero-order valence-corrected chi connectivity index (χ0v) is 12.3. The van der Waals surface area contributed by atoms with Gasteiger partial charge < -0.3 is 10.0 Å². The number of rotatable bonds is 3. The molecule has 1 aromatic rings. The van der Waals surface area contributed by atoms with Crippen LogP contribution in [0.3, 0.4) is 0 Å². The Hall–Kier alpha value is -1.62. The number of aromatic nitrogens is 1. The van der Waals surface area contributed by atoms with Crippen LogP contribution in [0.5, 0.6) is 0 Å². The maximum atomic E-state index is 11.0. The van der Waals surface area contributed by atoms with Gasteiger partial charge in [0.1, 0.15) is 5.82 Å². The molecule has 5 nitrogen and oxygen atoms in total. The summed E-state index contributed by atoms with van der Waals surface area (Å²) in [6.07, 6.45) is 5.57. The van der Waals surface area contributed by atoms with Gasteiger partial charge in [-0.15, -0.1) is 0 Å². The second kappa shape index (κ2) is 6.43. The molecule has 21 heavy (non-hydrogen) atoms. The SMILES string of the molecule is O=C(O)C1CCC(N2CCN(c3ccccn3)CC2)CC1. The molecular weight excluding hydrogens is 266 g/mol. The van der Waals surface area contributed by atoms with Crippen molar-refractivity contribution < 1.29 is 9.90 Å². The molecule has 5 heteroatoms. The normalized spacial score (nSPS) is 27.5. The lowest BCUT2D eigenvalue weighted by molar-refractivity contribution is -0.143. The Morgan fingerprint density at radius 3 is 2.38 bits per heavy atom. The van der Waals surface area contributed by atoms with Crippen molar-refractivity contribution in [2.75, 3.05) is 31.1 Å². The monoisotopic (exact) mass is 289 g/mol.